The molecule has 0 aliphatic carbocycles. The van der Waals surface area contributed by atoms with Crippen LogP contribution >= 0.6 is 0 Å². The number of hydroxylamine groups is 2. The summed E-state index contributed by atoms with van der Waals surface area (Å²) in [5.41, 5.74) is 1.08. The molecule has 1 aliphatic heterocycles. The highest BCUT2D eigenvalue weighted by Gasteiger charge is 2.32. The van der Waals surface area contributed by atoms with Crippen molar-refractivity contribution in [3.05, 3.63) is 83.7 Å². The summed E-state index contributed by atoms with van der Waals surface area (Å²) in [5, 5.41) is 15.1. The highest BCUT2D eigenvalue weighted by atomic mass is 16.8. The SMILES string of the molecule is CCOC(=O)ON1CCN(C(=O)C(CCC(=O)OC(C)(C)C)NC(=O)c2cc(C[C@H](O)c3ccccc3)nc(-c3ccccc3)n2)CC1. The molecule has 2 aromatic carbocycles. The average Bonchev–Trinajstić information content (AvgIpc) is 3.06. The van der Waals surface area contributed by atoms with E-state index in [-0.39, 0.29) is 63.6 Å². The lowest BCUT2D eigenvalue weighted by atomic mass is 10.0. The number of nitrogens with zero attached hydrogens (tertiary/aromatic N) is 4. The molecule has 0 spiro atoms. The third-order valence-corrected chi connectivity index (χ3v) is 7.31. The van der Waals surface area contributed by atoms with E-state index >= 15 is 0 Å². The number of benzene rings is 2. The highest BCUT2D eigenvalue weighted by molar-refractivity contribution is 5.96. The van der Waals surface area contributed by atoms with E-state index in [1.807, 2.05) is 48.5 Å². The van der Waals surface area contributed by atoms with E-state index in [0.717, 1.165) is 0 Å². The van der Waals surface area contributed by atoms with Crippen LogP contribution in [0.15, 0.2) is 66.7 Å². The third-order valence-electron chi connectivity index (χ3n) is 7.31. The molecule has 0 saturated carbocycles. The zero-order valence-electron chi connectivity index (χ0n) is 27.8. The maximum Gasteiger partial charge on any atom is 0.527 e. The van der Waals surface area contributed by atoms with Crippen molar-refractivity contribution in [1.29, 1.82) is 0 Å². The van der Waals surface area contributed by atoms with Crippen LogP contribution < -0.4 is 5.32 Å². The standard InChI is InChI=1S/C35H43N5O8/c1-5-46-34(45)48-40-20-18-39(19-21-40)33(44)27(16-17-30(42)47-35(2,3)4)38-32(43)28-22-26(23-29(41)24-12-8-6-9-13-24)36-31(37-28)25-14-10-7-11-15-25/h6-15,22,27,29,41H,5,16-21,23H2,1-4H3,(H,38,43)/t27?,29-/m0/s1. The number of esters is 1. The first-order valence-corrected chi connectivity index (χ1v) is 16.0. The van der Waals surface area contributed by atoms with Crippen molar-refractivity contribution in [2.75, 3.05) is 32.8 Å². The number of aromatic nitrogens is 2. The van der Waals surface area contributed by atoms with Crippen LogP contribution in [0.1, 0.15) is 68.4 Å². The van der Waals surface area contributed by atoms with Gasteiger partial charge in [-0.15, -0.1) is 5.06 Å². The van der Waals surface area contributed by atoms with E-state index < -0.39 is 41.7 Å². The maximum absolute atomic E-state index is 13.8. The number of carbonyl (C=O) groups excluding carboxylic acids is 4. The zero-order chi connectivity index (χ0) is 34.7. The number of hydrogen-bond donors (Lipinski definition) is 2. The second-order valence-corrected chi connectivity index (χ2v) is 12.2. The summed E-state index contributed by atoms with van der Waals surface area (Å²) >= 11 is 0. The Labute approximate surface area is 280 Å². The quantitative estimate of drug-likeness (QED) is 0.271. The summed E-state index contributed by atoms with van der Waals surface area (Å²) in [6, 6.07) is 18.7. The van der Waals surface area contributed by atoms with E-state index in [9.17, 15) is 24.3 Å². The van der Waals surface area contributed by atoms with Gasteiger partial charge in [-0.1, -0.05) is 60.7 Å². The number of hydrogen-bond acceptors (Lipinski definition) is 11. The van der Waals surface area contributed by atoms with Crippen LogP contribution in [0.3, 0.4) is 0 Å². The van der Waals surface area contributed by atoms with E-state index in [1.165, 1.54) is 11.1 Å². The second kappa shape index (κ2) is 16.8. The number of ether oxygens (including phenoxy) is 2. The van der Waals surface area contributed by atoms with Gasteiger partial charge in [-0.2, -0.15) is 0 Å². The lowest BCUT2D eigenvalue weighted by Crippen LogP contribution is -2.55. The fraction of sp³-hybridized carbons (Fsp3) is 0.429. The molecule has 1 aliphatic rings. The van der Waals surface area contributed by atoms with Crippen molar-refractivity contribution in [2.24, 2.45) is 0 Å². The molecule has 4 rings (SSSR count). The molecule has 13 nitrogen and oxygen atoms in total. The first-order chi connectivity index (χ1) is 22.9. The van der Waals surface area contributed by atoms with E-state index in [2.05, 4.69) is 15.3 Å². The summed E-state index contributed by atoms with van der Waals surface area (Å²) in [7, 11) is 0. The molecule has 2 heterocycles. The number of amides is 2. The molecule has 1 aromatic heterocycles. The lowest BCUT2D eigenvalue weighted by molar-refractivity contribution is -0.158. The smallest absolute Gasteiger partial charge is 0.460 e. The third kappa shape index (κ3) is 10.8. The van der Waals surface area contributed by atoms with E-state index in [4.69, 9.17) is 14.3 Å². The number of aliphatic hydroxyl groups is 1. The van der Waals surface area contributed by atoms with Crippen molar-refractivity contribution in [3.8, 4) is 11.4 Å². The van der Waals surface area contributed by atoms with Crippen LogP contribution in [0.5, 0.6) is 0 Å². The van der Waals surface area contributed by atoms with Gasteiger partial charge in [-0.3, -0.25) is 14.4 Å². The fourth-order valence-electron chi connectivity index (χ4n) is 5.04. The first-order valence-electron chi connectivity index (χ1n) is 16.0. The predicted molar refractivity (Wildman–Crippen MR) is 175 cm³/mol. The molecular formula is C35H43N5O8. The monoisotopic (exact) mass is 661 g/mol. The molecule has 1 unspecified atom stereocenters. The van der Waals surface area contributed by atoms with Gasteiger partial charge in [-0.25, -0.2) is 14.8 Å². The van der Waals surface area contributed by atoms with Crippen molar-refractivity contribution < 1.29 is 38.6 Å². The normalized spacial score (nSPS) is 14.8. The Hall–Kier alpha value is -4.88. The Bertz CT molecular complexity index is 1540. The molecule has 3 aromatic rings. The van der Waals surface area contributed by atoms with Gasteiger partial charge in [-0.05, 0) is 45.7 Å². The Morgan fingerprint density at radius 1 is 0.938 bits per heavy atom. The van der Waals surface area contributed by atoms with Gasteiger partial charge in [0, 0.05) is 37.2 Å². The van der Waals surface area contributed by atoms with Crippen LogP contribution in [0.2, 0.25) is 0 Å². The van der Waals surface area contributed by atoms with Crippen LogP contribution in [0, 0.1) is 0 Å². The minimum atomic E-state index is -1.09. The zero-order valence-corrected chi connectivity index (χ0v) is 27.8. The maximum atomic E-state index is 13.8. The van der Waals surface area contributed by atoms with Crippen LogP contribution in [0.25, 0.3) is 11.4 Å². The fourth-order valence-corrected chi connectivity index (χ4v) is 5.04. The molecule has 256 valence electrons. The van der Waals surface area contributed by atoms with Crippen LogP contribution in [-0.4, -0.2) is 93.4 Å². The minimum Gasteiger partial charge on any atom is -0.460 e. The van der Waals surface area contributed by atoms with Gasteiger partial charge in [0.2, 0.25) is 5.91 Å². The van der Waals surface area contributed by atoms with Gasteiger partial charge in [0.15, 0.2) is 5.82 Å². The molecular weight excluding hydrogens is 618 g/mol. The number of aliphatic hydroxyl groups excluding tert-OH is 1. The van der Waals surface area contributed by atoms with Crippen molar-refractivity contribution in [3.63, 3.8) is 0 Å². The Morgan fingerprint density at radius 2 is 1.58 bits per heavy atom. The number of rotatable bonds is 12. The molecule has 1 saturated heterocycles. The van der Waals surface area contributed by atoms with Gasteiger partial charge in [0.25, 0.3) is 5.91 Å². The number of nitrogens with one attached hydrogen (secondary N) is 1. The topological polar surface area (TPSA) is 160 Å². The average molecular weight is 662 g/mol. The summed E-state index contributed by atoms with van der Waals surface area (Å²) in [5.74, 6) is -1.27. The first kappa shape index (κ1) is 36.0. The van der Waals surface area contributed by atoms with Crippen LogP contribution in [0.4, 0.5) is 4.79 Å². The van der Waals surface area contributed by atoms with Crippen molar-refractivity contribution in [1.82, 2.24) is 25.2 Å². The number of carbonyl (C=O) groups is 4. The van der Waals surface area contributed by atoms with Gasteiger partial charge < -0.3 is 29.6 Å². The van der Waals surface area contributed by atoms with Crippen LogP contribution in [-0.2, 0) is 30.3 Å². The Balaban J connectivity index is 1.55. The molecule has 2 N–H and O–H groups in total. The summed E-state index contributed by atoms with van der Waals surface area (Å²) < 4.78 is 10.3. The van der Waals surface area contributed by atoms with Gasteiger partial charge in [0.05, 0.1) is 25.8 Å². The molecule has 0 bridgehead atoms. The van der Waals surface area contributed by atoms with E-state index in [1.54, 1.807) is 44.7 Å². The van der Waals surface area contributed by atoms with Gasteiger partial charge >= 0.3 is 12.1 Å². The molecule has 48 heavy (non-hydrogen) atoms. The van der Waals surface area contributed by atoms with E-state index in [0.29, 0.717) is 16.8 Å². The molecule has 2 atom stereocenters. The summed E-state index contributed by atoms with van der Waals surface area (Å²) in [4.78, 5) is 67.8. The molecule has 13 heteroatoms. The summed E-state index contributed by atoms with van der Waals surface area (Å²) in [6.07, 6.45) is -1.72. The Kier molecular flexibility index (Phi) is 12.6. The number of piperazine rings is 1. The molecule has 0 radical (unpaired) electrons. The second-order valence-electron chi connectivity index (χ2n) is 12.2. The summed E-state index contributed by atoms with van der Waals surface area (Å²) in [6.45, 7) is 7.98. The highest BCUT2D eigenvalue weighted by Crippen LogP contribution is 2.21. The van der Waals surface area contributed by atoms with Crippen molar-refractivity contribution in [2.45, 2.75) is 64.7 Å². The Morgan fingerprint density at radius 3 is 2.21 bits per heavy atom. The van der Waals surface area contributed by atoms with Gasteiger partial charge in [0.1, 0.15) is 17.3 Å². The molecule has 1 fully saturated rings. The molecule has 2 amide bonds. The lowest BCUT2D eigenvalue weighted by Gasteiger charge is -2.35. The minimum absolute atomic E-state index is 0.00170. The van der Waals surface area contributed by atoms with Crippen molar-refractivity contribution >= 4 is 23.9 Å². The largest absolute Gasteiger partial charge is 0.527 e. The predicted octanol–water partition coefficient (Wildman–Crippen LogP) is 3.87.